The number of hydrogen-bond donors (Lipinski definition) is 1. The van der Waals surface area contributed by atoms with E-state index in [1.165, 1.54) is 0 Å². The predicted octanol–water partition coefficient (Wildman–Crippen LogP) is 3.89. The van der Waals surface area contributed by atoms with Gasteiger partial charge in [0, 0.05) is 13.1 Å². The first-order valence-electron chi connectivity index (χ1n) is 9.91. The molecule has 1 heterocycles. The van der Waals surface area contributed by atoms with Crippen molar-refractivity contribution in [2.75, 3.05) is 18.4 Å². The zero-order chi connectivity index (χ0) is 19.9. The zero-order valence-electron chi connectivity index (χ0n) is 16.6. The summed E-state index contributed by atoms with van der Waals surface area (Å²) >= 11 is 0. The van der Waals surface area contributed by atoms with Crippen molar-refractivity contribution in [2.45, 2.75) is 39.2 Å². The molecule has 0 aliphatic carbocycles. The summed E-state index contributed by atoms with van der Waals surface area (Å²) in [5, 5.41) is 2.99. The third-order valence-corrected chi connectivity index (χ3v) is 4.85. The Balaban J connectivity index is 1.61. The molecule has 2 aromatic carbocycles. The molecule has 3 rings (SSSR count). The average molecular weight is 380 g/mol. The molecule has 1 saturated heterocycles. The summed E-state index contributed by atoms with van der Waals surface area (Å²) < 4.78 is 5.78. The van der Waals surface area contributed by atoms with E-state index >= 15 is 0 Å². The van der Waals surface area contributed by atoms with Gasteiger partial charge in [0.2, 0.25) is 11.8 Å². The van der Waals surface area contributed by atoms with Crippen LogP contribution in [0, 0.1) is 5.92 Å². The predicted molar refractivity (Wildman–Crippen MR) is 110 cm³/mol. The number of likely N-dealkylation sites (tertiary alicyclic amines) is 1. The van der Waals surface area contributed by atoms with Crippen molar-refractivity contribution in [3.63, 3.8) is 0 Å². The molecule has 0 spiro atoms. The minimum atomic E-state index is -0.208. The number of carbonyl (C=O) groups excluding carboxylic acids is 2. The fourth-order valence-electron chi connectivity index (χ4n) is 3.46. The molecule has 0 aromatic heterocycles. The SMILES string of the molecule is CC(C)Oc1ccccc1NC(=O)C1CCCN(C(=O)Cc2ccccc2)C1. The second-order valence-corrected chi connectivity index (χ2v) is 7.49. The van der Waals surface area contributed by atoms with Crippen LogP contribution < -0.4 is 10.1 Å². The lowest BCUT2D eigenvalue weighted by atomic mass is 9.96. The molecule has 1 unspecified atom stereocenters. The van der Waals surface area contributed by atoms with Gasteiger partial charge in [0.25, 0.3) is 0 Å². The lowest BCUT2D eigenvalue weighted by Crippen LogP contribution is -2.44. The average Bonchev–Trinajstić information content (AvgIpc) is 2.70. The first-order valence-corrected chi connectivity index (χ1v) is 9.91. The fourth-order valence-corrected chi connectivity index (χ4v) is 3.46. The standard InChI is InChI=1S/C23H28N2O3/c1-17(2)28-21-13-7-6-12-20(21)24-23(27)19-11-8-14-25(16-19)22(26)15-18-9-4-3-5-10-18/h3-7,9-10,12-13,17,19H,8,11,14-16H2,1-2H3,(H,24,27). The maximum atomic E-state index is 12.8. The molecule has 28 heavy (non-hydrogen) atoms. The molecule has 2 amide bonds. The number of rotatable bonds is 6. The van der Waals surface area contributed by atoms with E-state index in [0.717, 1.165) is 18.4 Å². The number of ether oxygens (including phenoxy) is 1. The van der Waals surface area contributed by atoms with Crippen LogP contribution in [0.3, 0.4) is 0 Å². The van der Waals surface area contributed by atoms with E-state index in [2.05, 4.69) is 5.32 Å². The van der Waals surface area contributed by atoms with E-state index in [0.29, 0.717) is 30.9 Å². The number of anilines is 1. The molecule has 1 N–H and O–H groups in total. The molecular formula is C23H28N2O3. The number of nitrogens with zero attached hydrogens (tertiary/aromatic N) is 1. The van der Waals surface area contributed by atoms with Crippen LogP contribution in [0.25, 0.3) is 0 Å². The highest BCUT2D eigenvalue weighted by molar-refractivity contribution is 5.94. The summed E-state index contributed by atoms with van der Waals surface area (Å²) in [7, 11) is 0. The van der Waals surface area contributed by atoms with E-state index in [1.807, 2.05) is 73.3 Å². The molecule has 1 aliphatic rings. The van der Waals surface area contributed by atoms with Gasteiger partial charge in [0.1, 0.15) is 5.75 Å². The van der Waals surface area contributed by atoms with Gasteiger partial charge in [-0.25, -0.2) is 0 Å². The van der Waals surface area contributed by atoms with Gasteiger partial charge >= 0.3 is 0 Å². The van der Waals surface area contributed by atoms with Gasteiger partial charge in [-0.2, -0.15) is 0 Å². The molecule has 2 aromatic rings. The molecule has 5 nitrogen and oxygen atoms in total. The second-order valence-electron chi connectivity index (χ2n) is 7.49. The summed E-state index contributed by atoms with van der Waals surface area (Å²) in [6.07, 6.45) is 2.02. The Bertz CT molecular complexity index is 805. The van der Waals surface area contributed by atoms with Gasteiger partial charge in [0.05, 0.1) is 24.1 Å². The molecule has 1 fully saturated rings. The van der Waals surface area contributed by atoms with Crippen LogP contribution in [0.1, 0.15) is 32.3 Å². The third-order valence-electron chi connectivity index (χ3n) is 4.85. The van der Waals surface area contributed by atoms with Gasteiger partial charge in [-0.15, -0.1) is 0 Å². The first-order chi connectivity index (χ1) is 13.5. The van der Waals surface area contributed by atoms with Crippen LogP contribution in [0.15, 0.2) is 54.6 Å². The molecule has 0 radical (unpaired) electrons. The monoisotopic (exact) mass is 380 g/mol. The van der Waals surface area contributed by atoms with E-state index < -0.39 is 0 Å². The minimum Gasteiger partial charge on any atom is -0.489 e. The Labute approximate surface area is 166 Å². The molecule has 0 saturated carbocycles. The normalized spacial score (nSPS) is 16.7. The van der Waals surface area contributed by atoms with Crippen molar-refractivity contribution < 1.29 is 14.3 Å². The largest absolute Gasteiger partial charge is 0.489 e. The van der Waals surface area contributed by atoms with Crippen LogP contribution in [0.2, 0.25) is 0 Å². The molecule has 1 aliphatic heterocycles. The molecule has 1 atom stereocenters. The molecular weight excluding hydrogens is 352 g/mol. The molecule has 148 valence electrons. The minimum absolute atomic E-state index is 0.0267. The number of piperidine rings is 1. The summed E-state index contributed by atoms with van der Waals surface area (Å²) in [6, 6.07) is 17.2. The number of nitrogens with one attached hydrogen (secondary N) is 1. The van der Waals surface area contributed by atoms with Gasteiger partial charge in [-0.3, -0.25) is 9.59 Å². The summed E-state index contributed by atoms with van der Waals surface area (Å²) in [6.45, 7) is 5.08. The lowest BCUT2D eigenvalue weighted by molar-refractivity contribution is -0.133. The Kier molecular flexibility index (Phi) is 6.69. The van der Waals surface area contributed by atoms with Crippen LogP contribution in [0.5, 0.6) is 5.75 Å². The van der Waals surface area contributed by atoms with E-state index in [4.69, 9.17) is 4.74 Å². The van der Waals surface area contributed by atoms with Gasteiger partial charge in [0.15, 0.2) is 0 Å². The number of para-hydroxylation sites is 2. The van der Waals surface area contributed by atoms with Crippen LogP contribution >= 0.6 is 0 Å². The number of amides is 2. The van der Waals surface area contributed by atoms with E-state index in [1.54, 1.807) is 0 Å². The topological polar surface area (TPSA) is 58.6 Å². The van der Waals surface area contributed by atoms with Crippen molar-refractivity contribution in [2.24, 2.45) is 5.92 Å². The van der Waals surface area contributed by atoms with Crippen LogP contribution in [-0.4, -0.2) is 35.9 Å². The van der Waals surface area contributed by atoms with E-state index in [-0.39, 0.29) is 23.8 Å². The van der Waals surface area contributed by atoms with Crippen molar-refractivity contribution in [3.05, 3.63) is 60.2 Å². The Morgan fingerprint density at radius 3 is 2.57 bits per heavy atom. The quantitative estimate of drug-likeness (QED) is 0.827. The van der Waals surface area contributed by atoms with Gasteiger partial charge < -0.3 is 15.0 Å². The maximum absolute atomic E-state index is 12.8. The van der Waals surface area contributed by atoms with Crippen molar-refractivity contribution in [3.8, 4) is 5.75 Å². The van der Waals surface area contributed by atoms with Crippen LogP contribution in [-0.2, 0) is 16.0 Å². The Morgan fingerprint density at radius 1 is 1.11 bits per heavy atom. The van der Waals surface area contributed by atoms with Crippen molar-refractivity contribution >= 4 is 17.5 Å². The van der Waals surface area contributed by atoms with Gasteiger partial charge in [-0.1, -0.05) is 42.5 Å². The summed E-state index contributed by atoms with van der Waals surface area (Å²) in [5.74, 6) is 0.475. The summed E-state index contributed by atoms with van der Waals surface area (Å²) in [4.78, 5) is 27.3. The third kappa shape index (κ3) is 5.35. The van der Waals surface area contributed by atoms with Crippen molar-refractivity contribution in [1.82, 2.24) is 4.90 Å². The highest BCUT2D eigenvalue weighted by Crippen LogP contribution is 2.27. The Morgan fingerprint density at radius 2 is 1.82 bits per heavy atom. The smallest absolute Gasteiger partial charge is 0.229 e. The Hall–Kier alpha value is -2.82. The molecule has 5 heteroatoms. The number of hydrogen-bond acceptors (Lipinski definition) is 3. The first kappa shape index (κ1) is 19.9. The number of carbonyl (C=O) groups is 2. The highest BCUT2D eigenvalue weighted by Gasteiger charge is 2.28. The number of benzene rings is 2. The second kappa shape index (κ2) is 9.40. The van der Waals surface area contributed by atoms with Crippen LogP contribution in [0.4, 0.5) is 5.69 Å². The van der Waals surface area contributed by atoms with Crippen molar-refractivity contribution in [1.29, 1.82) is 0 Å². The molecule has 0 bridgehead atoms. The zero-order valence-corrected chi connectivity index (χ0v) is 16.6. The van der Waals surface area contributed by atoms with Gasteiger partial charge in [-0.05, 0) is 44.4 Å². The lowest BCUT2D eigenvalue weighted by Gasteiger charge is -2.32. The fraction of sp³-hybridized carbons (Fsp3) is 0.391. The maximum Gasteiger partial charge on any atom is 0.229 e. The van der Waals surface area contributed by atoms with E-state index in [9.17, 15) is 9.59 Å². The highest BCUT2D eigenvalue weighted by atomic mass is 16.5. The summed E-state index contributed by atoms with van der Waals surface area (Å²) in [5.41, 5.74) is 1.67.